The van der Waals surface area contributed by atoms with Gasteiger partial charge in [-0.05, 0) is 79.4 Å². The minimum atomic E-state index is -0.804. The van der Waals surface area contributed by atoms with Crippen molar-refractivity contribution in [1.82, 2.24) is 0 Å². The summed E-state index contributed by atoms with van der Waals surface area (Å²) in [5, 5.41) is 21.7. The lowest BCUT2D eigenvalue weighted by Gasteiger charge is -2.61. The Labute approximate surface area is 179 Å². The van der Waals surface area contributed by atoms with E-state index in [2.05, 4.69) is 46.8 Å². The Bertz CT molecular complexity index is 626. The van der Waals surface area contributed by atoms with E-state index in [4.69, 9.17) is 0 Å². The van der Waals surface area contributed by atoms with Crippen LogP contribution in [0.25, 0.3) is 0 Å². The molecular formula is C27H46O2. The monoisotopic (exact) mass is 402 g/mol. The average molecular weight is 403 g/mol. The fraction of sp³-hybridized carbons (Fsp3) is 0.926. The van der Waals surface area contributed by atoms with E-state index in [0.717, 1.165) is 36.5 Å². The molecule has 0 unspecified atom stereocenters. The molecule has 0 aromatic heterocycles. The molecule has 29 heavy (non-hydrogen) atoms. The van der Waals surface area contributed by atoms with Crippen LogP contribution in [-0.4, -0.2) is 21.9 Å². The van der Waals surface area contributed by atoms with Gasteiger partial charge in [-0.2, -0.15) is 0 Å². The predicted octanol–water partition coefficient (Wildman–Crippen LogP) is 6.36. The van der Waals surface area contributed by atoms with Gasteiger partial charge in [0.05, 0.1) is 11.7 Å². The quantitative estimate of drug-likeness (QED) is 0.525. The normalized spacial score (nSPS) is 50.1. The molecule has 4 aliphatic carbocycles. The second-order valence-corrected chi connectivity index (χ2v) is 12.4. The largest absolute Gasteiger partial charge is 0.393 e. The molecule has 0 saturated heterocycles. The van der Waals surface area contributed by atoms with Gasteiger partial charge in [-0.25, -0.2) is 0 Å². The third-order valence-electron chi connectivity index (χ3n) is 10.5. The van der Waals surface area contributed by atoms with E-state index >= 15 is 0 Å². The van der Waals surface area contributed by atoms with Crippen LogP contribution < -0.4 is 0 Å². The summed E-state index contributed by atoms with van der Waals surface area (Å²) in [4.78, 5) is 0. The highest BCUT2D eigenvalue weighted by Gasteiger charge is 2.63. The van der Waals surface area contributed by atoms with Crippen molar-refractivity contribution < 1.29 is 10.2 Å². The van der Waals surface area contributed by atoms with Gasteiger partial charge >= 0.3 is 0 Å². The van der Waals surface area contributed by atoms with Gasteiger partial charge in [0.25, 0.3) is 0 Å². The molecule has 0 bridgehead atoms. The van der Waals surface area contributed by atoms with Crippen molar-refractivity contribution in [2.45, 2.75) is 111 Å². The Morgan fingerprint density at radius 2 is 1.72 bits per heavy atom. The molecule has 4 aliphatic rings. The summed E-state index contributed by atoms with van der Waals surface area (Å²) in [6.45, 7) is 12.2. The number of rotatable bonds is 5. The van der Waals surface area contributed by atoms with Gasteiger partial charge < -0.3 is 10.2 Å². The van der Waals surface area contributed by atoms with Crippen molar-refractivity contribution in [2.24, 2.45) is 46.3 Å². The lowest BCUT2D eigenvalue weighted by atomic mass is 9.45. The number of aliphatic hydroxyl groups is 2. The Morgan fingerprint density at radius 1 is 0.966 bits per heavy atom. The summed E-state index contributed by atoms with van der Waals surface area (Å²) in [6, 6.07) is 0. The first-order chi connectivity index (χ1) is 13.6. The molecule has 166 valence electrons. The Balaban J connectivity index is 1.53. The van der Waals surface area contributed by atoms with Gasteiger partial charge in [-0.1, -0.05) is 66.0 Å². The van der Waals surface area contributed by atoms with Crippen LogP contribution in [0, 0.1) is 46.3 Å². The molecule has 9 atom stereocenters. The van der Waals surface area contributed by atoms with Crippen LogP contribution in [0.1, 0.15) is 98.8 Å². The molecular weight excluding hydrogens is 356 g/mol. The lowest BCUT2D eigenvalue weighted by Crippen LogP contribution is -2.60. The van der Waals surface area contributed by atoms with Crippen molar-refractivity contribution in [3.63, 3.8) is 0 Å². The molecule has 3 fully saturated rings. The summed E-state index contributed by atoms with van der Waals surface area (Å²) < 4.78 is 0. The molecule has 2 N–H and O–H groups in total. The number of hydrogen-bond acceptors (Lipinski definition) is 2. The third-order valence-corrected chi connectivity index (χ3v) is 10.5. The van der Waals surface area contributed by atoms with Crippen molar-refractivity contribution in [3.05, 3.63) is 12.2 Å². The Morgan fingerprint density at radius 3 is 2.45 bits per heavy atom. The van der Waals surface area contributed by atoms with Gasteiger partial charge in [-0.3, -0.25) is 0 Å². The second-order valence-electron chi connectivity index (χ2n) is 12.4. The van der Waals surface area contributed by atoms with E-state index in [9.17, 15) is 10.2 Å². The predicted molar refractivity (Wildman–Crippen MR) is 120 cm³/mol. The zero-order valence-electron chi connectivity index (χ0n) is 19.7. The molecule has 0 aromatic rings. The van der Waals surface area contributed by atoms with Crippen LogP contribution in [0.4, 0.5) is 0 Å². The van der Waals surface area contributed by atoms with Gasteiger partial charge in [-0.15, -0.1) is 0 Å². The number of allylic oxidation sites excluding steroid dienone is 1. The van der Waals surface area contributed by atoms with Crippen LogP contribution in [0.15, 0.2) is 12.2 Å². The highest BCUT2D eigenvalue weighted by atomic mass is 16.3. The molecule has 0 aliphatic heterocycles. The summed E-state index contributed by atoms with van der Waals surface area (Å²) >= 11 is 0. The summed E-state index contributed by atoms with van der Waals surface area (Å²) in [5.41, 5.74) is -0.390. The van der Waals surface area contributed by atoms with Crippen LogP contribution in [0.2, 0.25) is 0 Å². The SMILES string of the molecule is CC(C)CCC[C@@H](C)[C@H]1CC[C@H]2[C@@H]3C=C[C@]4(O)C[C@@H](O)CC[C@]4(C)[C@H]3CC[C@]12C. The minimum absolute atomic E-state index is 0.0616. The summed E-state index contributed by atoms with van der Waals surface area (Å²) in [5.74, 6) is 4.52. The van der Waals surface area contributed by atoms with Crippen LogP contribution >= 0.6 is 0 Å². The minimum Gasteiger partial charge on any atom is -0.393 e. The van der Waals surface area contributed by atoms with Crippen molar-refractivity contribution in [2.75, 3.05) is 0 Å². The molecule has 0 spiro atoms. The zero-order chi connectivity index (χ0) is 21.0. The van der Waals surface area contributed by atoms with Gasteiger partial charge in [0.15, 0.2) is 0 Å². The van der Waals surface area contributed by atoms with Gasteiger partial charge in [0.2, 0.25) is 0 Å². The van der Waals surface area contributed by atoms with Crippen molar-refractivity contribution in [1.29, 1.82) is 0 Å². The fourth-order valence-corrected chi connectivity index (χ4v) is 8.64. The lowest BCUT2D eigenvalue weighted by molar-refractivity contribution is -0.167. The molecule has 0 heterocycles. The average Bonchev–Trinajstić information content (AvgIpc) is 2.99. The molecule has 2 heteroatoms. The number of fused-ring (bicyclic) bond motifs is 5. The van der Waals surface area contributed by atoms with Crippen molar-refractivity contribution in [3.8, 4) is 0 Å². The van der Waals surface area contributed by atoms with Crippen LogP contribution in [0.3, 0.4) is 0 Å². The van der Waals surface area contributed by atoms with Crippen molar-refractivity contribution >= 4 is 0 Å². The standard InChI is InChI=1S/C27H46O2/c1-18(2)7-6-8-19(3)22-9-10-23-21-12-16-27(29)17-20(28)11-15-26(27,5)24(21)13-14-25(22,23)4/h12,16,18-24,28-29H,6-11,13-15,17H2,1-5H3/t19-,20+,21+,22-,23+,24+,25-,26-,27+/m1/s1. The number of hydrogen-bond donors (Lipinski definition) is 2. The molecule has 4 rings (SSSR count). The Hall–Kier alpha value is -0.340. The molecule has 2 nitrogen and oxygen atoms in total. The third kappa shape index (κ3) is 3.45. The van der Waals surface area contributed by atoms with E-state index in [1.54, 1.807) is 0 Å². The molecule has 0 radical (unpaired) electrons. The molecule has 0 aromatic carbocycles. The molecule has 3 saturated carbocycles. The Kier molecular flexibility index (Phi) is 5.78. The maximum absolute atomic E-state index is 11.5. The second kappa shape index (κ2) is 7.66. The van der Waals surface area contributed by atoms with E-state index in [1.165, 1.54) is 44.9 Å². The highest BCUT2D eigenvalue weighted by Crippen LogP contribution is 2.67. The first kappa shape index (κ1) is 21.9. The topological polar surface area (TPSA) is 40.5 Å². The van der Waals surface area contributed by atoms with Crippen LogP contribution in [0.5, 0.6) is 0 Å². The highest BCUT2D eigenvalue weighted by molar-refractivity contribution is 5.24. The summed E-state index contributed by atoms with van der Waals surface area (Å²) in [7, 11) is 0. The first-order valence-electron chi connectivity index (χ1n) is 12.7. The van der Waals surface area contributed by atoms with E-state index < -0.39 is 5.60 Å². The zero-order valence-corrected chi connectivity index (χ0v) is 19.7. The van der Waals surface area contributed by atoms with Gasteiger partial charge in [0, 0.05) is 11.8 Å². The van der Waals surface area contributed by atoms with Gasteiger partial charge in [0.1, 0.15) is 0 Å². The maximum atomic E-state index is 11.5. The van der Waals surface area contributed by atoms with E-state index in [1.807, 2.05) is 0 Å². The fourth-order valence-electron chi connectivity index (χ4n) is 8.64. The van der Waals surface area contributed by atoms with E-state index in [0.29, 0.717) is 23.7 Å². The maximum Gasteiger partial charge on any atom is 0.0908 e. The number of aliphatic hydroxyl groups excluding tert-OH is 1. The van der Waals surface area contributed by atoms with Crippen LogP contribution in [-0.2, 0) is 0 Å². The summed E-state index contributed by atoms with van der Waals surface area (Å²) in [6.07, 6.45) is 16.0. The smallest absolute Gasteiger partial charge is 0.0908 e. The molecule has 0 amide bonds. The van der Waals surface area contributed by atoms with E-state index in [-0.39, 0.29) is 11.5 Å². The first-order valence-corrected chi connectivity index (χ1v) is 12.7.